The van der Waals surface area contributed by atoms with Crippen LogP contribution in [-0.2, 0) is 0 Å². The fourth-order valence-electron chi connectivity index (χ4n) is 1.68. The Morgan fingerprint density at radius 1 is 1.00 bits per heavy atom. The van der Waals surface area contributed by atoms with Gasteiger partial charge in [0.1, 0.15) is 11.9 Å². The standard InChI is InChI=1S/C13H12ClNO2/c14-10-6-3-5-9(12(10)15)13(17)8-4-1-2-7-11(8)16/h1-7,13,16-17H,15H2. The molecule has 1 atom stereocenters. The Labute approximate surface area is 104 Å². The molecule has 2 aromatic carbocycles. The van der Waals surface area contributed by atoms with E-state index in [1.165, 1.54) is 6.07 Å². The van der Waals surface area contributed by atoms with Gasteiger partial charge in [-0.2, -0.15) is 0 Å². The topological polar surface area (TPSA) is 66.5 Å². The summed E-state index contributed by atoms with van der Waals surface area (Å²) in [6.45, 7) is 0. The number of hydrogen-bond acceptors (Lipinski definition) is 3. The lowest BCUT2D eigenvalue weighted by molar-refractivity contribution is 0.216. The Morgan fingerprint density at radius 2 is 1.65 bits per heavy atom. The van der Waals surface area contributed by atoms with Gasteiger partial charge in [-0.25, -0.2) is 0 Å². The molecule has 0 fully saturated rings. The Kier molecular flexibility index (Phi) is 3.22. The fraction of sp³-hybridized carbons (Fsp3) is 0.0769. The second-order valence-corrected chi connectivity index (χ2v) is 4.11. The summed E-state index contributed by atoms with van der Waals surface area (Å²) in [5, 5.41) is 20.2. The Morgan fingerprint density at radius 3 is 2.35 bits per heavy atom. The number of nitrogens with two attached hydrogens (primary N) is 1. The first kappa shape index (κ1) is 11.8. The predicted molar refractivity (Wildman–Crippen MR) is 68.0 cm³/mol. The maximum atomic E-state index is 10.2. The summed E-state index contributed by atoms with van der Waals surface area (Å²) >= 11 is 5.89. The van der Waals surface area contributed by atoms with Gasteiger partial charge in [0.05, 0.1) is 10.7 Å². The number of anilines is 1. The lowest BCUT2D eigenvalue weighted by Gasteiger charge is -2.15. The minimum absolute atomic E-state index is 0.0272. The van der Waals surface area contributed by atoms with Crippen LogP contribution in [0.1, 0.15) is 17.2 Å². The summed E-state index contributed by atoms with van der Waals surface area (Å²) < 4.78 is 0. The van der Waals surface area contributed by atoms with Gasteiger partial charge in [0.15, 0.2) is 0 Å². The van der Waals surface area contributed by atoms with Crippen molar-refractivity contribution in [2.24, 2.45) is 0 Å². The van der Waals surface area contributed by atoms with Gasteiger partial charge in [-0.05, 0) is 12.1 Å². The van der Waals surface area contributed by atoms with E-state index in [1.54, 1.807) is 36.4 Å². The van der Waals surface area contributed by atoms with Crippen molar-refractivity contribution in [3.63, 3.8) is 0 Å². The maximum Gasteiger partial charge on any atom is 0.121 e. The molecule has 0 heterocycles. The molecule has 0 aliphatic heterocycles. The monoisotopic (exact) mass is 249 g/mol. The van der Waals surface area contributed by atoms with Crippen LogP contribution in [0, 0.1) is 0 Å². The van der Waals surface area contributed by atoms with Gasteiger partial charge in [0, 0.05) is 11.1 Å². The number of rotatable bonds is 2. The number of nitrogen functional groups attached to an aromatic ring is 1. The molecule has 88 valence electrons. The lowest BCUT2D eigenvalue weighted by Crippen LogP contribution is -2.04. The van der Waals surface area contributed by atoms with Gasteiger partial charge in [-0.1, -0.05) is 41.9 Å². The number of phenolic OH excluding ortho intramolecular Hbond substituents is 1. The van der Waals surface area contributed by atoms with Crippen molar-refractivity contribution in [3.8, 4) is 5.75 Å². The van der Waals surface area contributed by atoms with Crippen molar-refractivity contribution >= 4 is 17.3 Å². The fourth-order valence-corrected chi connectivity index (χ4v) is 1.86. The minimum Gasteiger partial charge on any atom is -0.508 e. The number of aliphatic hydroxyl groups is 1. The van der Waals surface area contributed by atoms with E-state index in [0.717, 1.165) is 0 Å². The Hall–Kier alpha value is -1.71. The van der Waals surface area contributed by atoms with Gasteiger partial charge >= 0.3 is 0 Å². The SMILES string of the molecule is Nc1c(Cl)cccc1C(O)c1ccccc1O. The molecule has 17 heavy (non-hydrogen) atoms. The van der Waals surface area contributed by atoms with Crippen LogP contribution < -0.4 is 5.73 Å². The van der Waals surface area contributed by atoms with Crippen LogP contribution in [0.15, 0.2) is 42.5 Å². The first-order chi connectivity index (χ1) is 8.11. The van der Waals surface area contributed by atoms with Crippen molar-refractivity contribution in [1.82, 2.24) is 0 Å². The summed E-state index contributed by atoms with van der Waals surface area (Å²) in [5.41, 5.74) is 7.01. The first-order valence-electron chi connectivity index (χ1n) is 5.11. The molecule has 0 spiro atoms. The second-order valence-electron chi connectivity index (χ2n) is 3.70. The summed E-state index contributed by atoms with van der Waals surface area (Å²) in [6.07, 6.45) is -0.991. The number of hydrogen-bond donors (Lipinski definition) is 3. The molecule has 4 heteroatoms. The number of phenols is 1. The van der Waals surface area contributed by atoms with Gasteiger partial charge in [0.2, 0.25) is 0 Å². The highest BCUT2D eigenvalue weighted by molar-refractivity contribution is 6.33. The summed E-state index contributed by atoms with van der Waals surface area (Å²) in [4.78, 5) is 0. The molecule has 4 N–H and O–H groups in total. The molecular weight excluding hydrogens is 238 g/mol. The minimum atomic E-state index is -0.991. The second kappa shape index (κ2) is 4.65. The smallest absolute Gasteiger partial charge is 0.121 e. The largest absolute Gasteiger partial charge is 0.508 e. The number of benzene rings is 2. The summed E-state index contributed by atoms with van der Waals surface area (Å²) in [7, 11) is 0. The average molecular weight is 250 g/mol. The number of para-hydroxylation sites is 2. The molecule has 0 aliphatic rings. The maximum absolute atomic E-state index is 10.2. The van der Waals surface area contributed by atoms with Gasteiger partial charge in [-0.3, -0.25) is 0 Å². The molecule has 0 bridgehead atoms. The van der Waals surface area contributed by atoms with Crippen LogP contribution in [0.4, 0.5) is 5.69 Å². The zero-order valence-corrected chi connectivity index (χ0v) is 9.72. The summed E-state index contributed by atoms with van der Waals surface area (Å²) in [6, 6.07) is 11.6. The number of halogens is 1. The van der Waals surface area contributed by atoms with Crippen LogP contribution in [0.25, 0.3) is 0 Å². The van der Waals surface area contributed by atoms with Crippen LogP contribution in [-0.4, -0.2) is 10.2 Å². The molecule has 0 aromatic heterocycles. The van der Waals surface area contributed by atoms with Crippen molar-refractivity contribution < 1.29 is 10.2 Å². The third-order valence-electron chi connectivity index (χ3n) is 2.61. The molecule has 0 radical (unpaired) electrons. The zero-order chi connectivity index (χ0) is 12.4. The van der Waals surface area contributed by atoms with Crippen LogP contribution >= 0.6 is 11.6 Å². The highest BCUT2D eigenvalue weighted by atomic mass is 35.5. The predicted octanol–water partition coefficient (Wildman–Crippen LogP) is 2.71. The van der Waals surface area contributed by atoms with E-state index in [1.807, 2.05) is 0 Å². The third-order valence-corrected chi connectivity index (χ3v) is 2.94. The van der Waals surface area contributed by atoms with E-state index >= 15 is 0 Å². The van der Waals surface area contributed by atoms with E-state index in [9.17, 15) is 10.2 Å². The normalized spacial score (nSPS) is 12.4. The highest BCUT2D eigenvalue weighted by Crippen LogP contribution is 2.34. The molecule has 0 aliphatic carbocycles. The van der Waals surface area contributed by atoms with Gasteiger partial charge in [-0.15, -0.1) is 0 Å². The quantitative estimate of drug-likeness (QED) is 0.717. The van der Waals surface area contributed by atoms with E-state index in [2.05, 4.69) is 0 Å². The Balaban J connectivity index is 2.48. The molecule has 0 saturated heterocycles. The van der Waals surface area contributed by atoms with Crippen molar-refractivity contribution in [3.05, 3.63) is 58.6 Å². The first-order valence-corrected chi connectivity index (χ1v) is 5.49. The van der Waals surface area contributed by atoms with E-state index in [4.69, 9.17) is 17.3 Å². The van der Waals surface area contributed by atoms with Gasteiger partial charge < -0.3 is 15.9 Å². The van der Waals surface area contributed by atoms with Crippen LogP contribution in [0.5, 0.6) is 5.75 Å². The molecule has 0 saturated carbocycles. The lowest BCUT2D eigenvalue weighted by atomic mass is 9.99. The average Bonchev–Trinajstić information content (AvgIpc) is 2.32. The van der Waals surface area contributed by atoms with Gasteiger partial charge in [0.25, 0.3) is 0 Å². The molecular formula is C13H12ClNO2. The van der Waals surface area contributed by atoms with Crippen molar-refractivity contribution in [1.29, 1.82) is 0 Å². The van der Waals surface area contributed by atoms with Crippen molar-refractivity contribution in [2.45, 2.75) is 6.10 Å². The van der Waals surface area contributed by atoms with E-state index in [-0.39, 0.29) is 5.75 Å². The van der Waals surface area contributed by atoms with E-state index < -0.39 is 6.10 Å². The van der Waals surface area contributed by atoms with Crippen LogP contribution in [0.2, 0.25) is 5.02 Å². The summed E-state index contributed by atoms with van der Waals surface area (Å²) in [5.74, 6) is 0.0272. The molecule has 1 unspecified atom stereocenters. The molecule has 3 nitrogen and oxygen atoms in total. The Bertz CT molecular complexity index is 543. The number of aromatic hydroxyl groups is 1. The van der Waals surface area contributed by atoms with Crippen LogP contribution in [0.3, 0.4) is 0 Å². The number of aliphatic hydroxyl groups excluding tert-OH is 1. The molecule has 2 rings (SSSR count). The zero-order valence-electron chi connectivity index (χ0n) is 8.97. The molecule has 0 amide bonds. The third kappa shape index (κ3) is 2.20. The molecule has 2 aromatic rings. The van der Waals surface area contributed by atoms with E-state index in [0.29, 0.717) is 21.8 Å². The highest BCUT2D eigenvalue weighted by Gasteiger charge is 2.17. The van der Waals surface area contributed by atoms with Crippen molar-refractivity contribution in [2.75, 3.05) is 5.73 Å².